The normalized spacial score (nSPS) is 10.4. The Balaban J connectivity index is 2.84. The summed E-state index contributed by atoms with van der Waals surface area (Å²) >= 11 is 0. The van der Waals surface area contributed by atoms with E-state index >= 15 is 0 Å². The fraction of sp³-hybridized carbons (Fsp3) is 0.615. The number of rotatable bonds is 6. The molecule has 1 aromatic heterocycles. The van der Waals surface area contributed by atoms with Crippen LogP contribution in [0.2, 0.25) is 0 Å². The maximum atomic E-state index is 11.8. The van der Waals surface area contributed by atoms with Crippen LogP contribution in [0.15, 0.2) is 6.07 Å². The molecule has 0 aliphatic carbocycles. The summed E-state index contributed by atoms with van der Waals surface area (Å²) in [5.41, 5.74) is 0. The molecule has 1 amide bonds. The molecular weight excluding hydrogens is 242 g/mol. The molecule has 1 rings (SSSR count). The average Bonchev–Trinajstić information content (AvgIpc) is 2.34. The molecule has 0 saturated carbocycles. The molecule has 0 unspecified atom stereocenters. The molecule has 6 heteroatoms. The van der Waals surface area contributed by atoms with Crippen LogP contribution in [-0.2, 0) is 4.79 Å². The Labute approximate surface area is 114 Å². The minimum Gasteiger partial charge on any atom is -0.373 e. The molecule has 106 valence electrons. The predicted molar refractivity (Wildman–Crippen MR) is 77.5 cm³/mol. The Morgan fingerprint density at radius 1 is 1.42 bits per heavy atom. The second kappa shape index (κ2) is 6.92. The average molecular weight is 265 g/mol. The first-order chi connectivity index (χ1) is 8.96. The van der Waals surface area contributed by atoms with E-state index in [1.54, 1.807) is 0 Å². The lowest BCUT2D eigenvalue weighted by molar-refractivity contribution is -0.120. The van der Waals surface area contributed by atoms with Gasteiger partial charge in [-0.05, 0) is 27.7 Å². The Hall–Kier alpha value is -1.85. The minimum atomic E-state index is -0.000812. The van der Waals surface area contributed by atoms with Crippen molar-refractivity contribution in [2.75, 3.05) is 30.4 Å². The molecule has 0 spiro atoms. The Kier molecular flexibility index (Phi) is 5.54. The molecule has 0 aliphatic heterocycles. The third-order valence-electron chi connectivity index (χ3n) is 2.57. The van der Waals surface area contributed by atoms with Crippen LogP contribution in [0.3, 0.4) is 0 Å². The summed E-state index contributed by atoms with van der Waals surface area (Å²) in [6.45, 7) is 8.75. The third kappa shape index (κ3) is 4.73. The second-order valence-corrected chi connectivity index (χ2v) is 4.64. The molecule has 6 nitrogen and oxygen atoms in total. The van der Waals surface area contributed by atoms with Crippen molar-refractivity contribution in [3.8, 4) is 0 Å². The van der Waals surface area contributed by atoms with Crippen LogP contribution in [0, 0.1) is 6.92 Å². The lowest BCUT2D eigenvalue weighted by atomic mass is 10.3. The van der Waals surface area contributed by atoms with E-state index in [4.69, 9.17) is 0 Å². The Morgan fingerprint density at radius 2 is 2.11 bits per heavy atom. The maximum absolute atomic E-state index is 11.8. The standard InChI is InChI=1S/C13H23N5O/c1-6-18(8-13(19)15-9(2)3)12-7-11(14-5)16-10(4)17-12/h7,9H,6,8H2,1-5H3,(H,15,19)(H,14,16,17). The van der Waals surface area contributed by atoms with Gasteiger partial charge >= 0.3 is 0 Å². The molecule has 1 heterocycles. The van der Waals surface area contributed by atoms with Crippen LogP contribution in [0.1, 0.15) is 26.6 Å². The van der Waals surface area contributed by atoms with E-state index < -0.39 is 0 Å². The number of aryl methyl sites for hydroxylation is 1. The van der Waals surface area contributed by atoms with Gasteiger partial charge in [0.1, 0.15) is 17.5 Å². The van der Waals surface area contributed by atoms with E-state index in [0.29, 0.717) is 18.9 Å². The first-order valence-corrected chi connectivity index (χ1v) is 6.54. The van der Waals surface area contributed by atoms with Gasteiger partial charge in [-0.25, -0.2) is 9.97 Å². The third-order valence-corrected chi connectivity index (χ3v) is 2.57. The molecular formula is C13H23N5O. The fourth-order valence-electron chi connectivity index (χ4n) is 1.74. The quantitative estimate of drug-likeness (QED) is 0.808. The van der Waals surface area contributed by atoms with Crippen LogP contribution in [-0.4, -0.2) is 42.1 Å². The molecule has 0 atom stereocenters. The molecule has 0 aromatic carbocycles. The largest absolute Gasteiger partial charge is 0.373 e. The number of carbonyl (C=O) groups excluding carboxylic acids is 1. The van der Waals surface area contributed by atoms with Crippen molar-refractivity contribution in [3.63, 3.8) is 0 Å². The monoisotopic (exact) mass is 265 g/mol. The number of hydrogen-bond acceptors (Lipinski definition) is 5. The van der Waals surface area contributed by atoms with Gasteiger partial charge in [-0.15, -0.1) is 0 Å². The van der Waals surface area contributed by atoms with E-state index in [0.717, 1.165) is 11.6 Å². The molecule has 0 bridgehead atoms. The summed E-state index contributed by atoms with van der Waals surface area (Å²) in [4.78, 5) is 22.4. The highest BCUT2D eigenvalue weighted by Crippen LogP contribution is 2.15. The zero-order chi connectivity index (χ0) is 14.4. The Bertz CT molecular complexity index is 433. The number of nitrogens with zero attached hydrogens (tertiary/aromatic N) is 3. The SMILES string of the molecule is CCN(CC(=O)NC(C)C)c1cc(NC)nc(C)n1. The topological polar surface area (TPSA) is 70.2 Å². The molecule has 0 radical (unpaired) electrons. The van der Waals surface area contributed by atoms with Gasteiger partial charge in [0.25, 0.3) is 0 Å². The van der Waals surface area contributed by atoms with Gasteiger partial charge in [0.15, 0.2) is 0 Å². The summed E-state index contributed by atoms with van der Waals surface area (Å²) < 4.78 is 0. The summed E-state index contributed by atoms with van der Waals surface area (Å²) in [5, 5.41) is 5.88. The first-order valence-electron chi connectivity index (χ1n) is 6.54. The van der Waals surface area contributed by atoms with Crippen molar-refractivity contribution in [2.45, 2.75) is 33.7 Å². The number of hydrogen-bond donors (Lipinski definition) is 2. The fourth-order valence-corrected chi connectivity index (χ4v) is 1.74. The first kappa shape index (κ1) is 15.2. The van der Waals surface area contributed by atoms with Gasteiger partial charge in [-0.3, -0.25) is 4.79 Å². The zero-order valence-electron chi connectivity index (χ0n) is 12.3. The highest BCUT2D eigenvalue weighted by Gasteiger charge is 2.13. The van der Waals surface area contributed by atoms with Crippen LogP contribution < -0.4 is 15.5 Å². The second-order valence-electron chi connectivity index (χ2n) is 4.64. The van der Waals surface area contributed by atoms with E-state index in [2.05, 4.69) is 20.6 Å². The number of anilines is 2. The molecule has 0 aliphatic rings. The molecule has 1 aromatic rings. The number of likely N-dealkylation sites (N-methyl/N-ethyl adjacent to an activating group) is 1. The summed E-state index contributed by atoms with van der Waals surface area (Å²) in [6, 6.07) is 1.99. The van der Waals surface area contributed by atoms with Crippen LogP contribution in [0.4, 0.5) is 11.6 Å². The lowest BCUT2D eigenvalue weighted by Gasteiger charge is -2.22. The van der Waals surface area contributed by atoms with Gasteiger partial charge in [0.05, 0.1) is 6.54 Å². The van der Waals surface area contributed by atoms with Crippen molar-refractivity contribution in [1.29, 1.82) is 0 Å². The molecule has 0 fully saturated rings. The van der Waals surface area contributed by atoms with Gasteiger partial charge in [0, 0.05) is 25.7 Å². The minimum absolute atomic E-state index is 0.000812. The molecule has 19 heavy (non-hydrogen) atoms. The van der Waals surface area contributed by atoms with E-state index in [1.165, 1.54) is 0 Å². The van der Waals surface area contributed by atoms with Crippen LogP contribution in [0.5, 0.6) is 0 Å². The van der Waals surface area contributed by atoms with Gasteiger partial charge in [-0.2, -0.15) is 0 Å². The maximum Gasteiger partial charge on any atom is 0.239 e. The van der Waals surface area contributed by atoms with Crippen molar-refractivity contribution < 1.29 is 4.79 Å². The van der Waals surface area contributed by atoms with Crippen LogP contribution in [0.25, 0.3) is 0 Å². The van der Waals surface area contributed by atoms with Crippen LogP contribution >= 0.6 is 0 Å². The van der Waals surface area contributed by atoms with Crippen molar-refractivity contribution >= 4 is 17.5 Å². The number of nitrogens with one attached hydrogen (secondary N) is 2. The van der Waals surface area contributed by atoms with Crippen molar-refractivity contribution in [1.82, 2.24) is 15.3 Å². The zero-order valence-corrected chi connectivity index (χ0v) is 12.3. The summed E-state index contributed by atoms with van der Waals surface area (Å²) in [5.74, 6) is 2.20. The van der Waals surface area contributed by atoms with E-state index in [1.807, 2.05) is 45.7 Å². The van der Waals surface area contributed by atoms with Crippen molar-refractivity contribution in [2.24, 2.45) is 0 Å². The van der Waals surface area contributed by atoms with Gasteiger partial charge < -0.3 is 15.5 Å². The highest BCUT2D eigenvalue weighted by molar-refractivity contribution is 5.81. The molecule has 0 saturated heterocycles. The highest BCUT2D eigenvalue weighted by atomic mass is 16.2. The Morgan fingerprint density at radius 3 is 2.63 bits per heavy atom. The van der Waals surface area contributed by atoms with E-state index in [-0.39, 0.29) is 11.9 Å². The van der Waals surface area contributed by atoms with Gasteiger partial charge in [-0.1, -0.05) is 0 Å². The summed E-state index contributed by atoms with van der Waals surface area (Å²) in [7, 11) is 1.81. The predicted octanol–water partition coefficient (Wildman–Crippen LogP) is 1.18. The number of carbonyl (C=O) groups is 1. The van der Waals surface area contributed by atoms with Crippen molar-refractivity contribution in [3.05, 3.63) is 11.9 Å². The molecule has 2 N–H and O–H groups in total. The summed E-state index contributed by atoms with van der Waals surface area (Å²) in [6.07, 6.45) is 0. The number of amides is 1. The number of aromatic nitrogens is 2. The van der Waals surface area contributed by atoms with Gasteiger partial charge in [0.2, 0.25) is 5.91 Å². The smallest absolute Gasteiger partial charge is 0.239 e. The van der Waals surface area contributed by atoms with E-state index in [9.17, 15) is 4.79 Å². The lowest BCUT2D eigenvalue weighted by Crippen LogP contribution is -2.40.